The Morgan fingerprint density at radius 2 is 1.10 bits per heavy atom. The van der Waals surface area contributed by atoms with E-state index in [0.717, 1.165) is 55.0 Å². The zero-order valence-corrected chi connectivity index (χ0v) is 27.2. The number of fused-ring (bicyclic) bond motifs is 16. The summed E-state index contributed by atoms with van der Waals surface area (Å²) >= 11 is 1.83. The minimum Gasteiger partial charge on any atom is -0.455 e. The van der Waals surface area contributed by atoms with Crippen LogP contribution in [0.15, 0.2) is 148 Å². The Balaban J connectivity index is 1.30. The lowest BCUT2D eigenvalue weighted by Gasteiger charge is -2.11. The highest BCUT2D eigenvalue weighted by molar-refractivity contribution is 7.27. The van der Waals surface area contributed by atoms with Crippen LogP contribution < -0.4 is 0 Å². The first-order chi connectivity index (χ1) is 24.8. The van der Waals surface area contributed by atoms with Crippen molar-refractivity contribution in [2.45, 2.75) is 0 Å². The van der Waals surface area contributed by atoms with Crippen LogP contribution in [-0.2, 0) is 0 Å². The molecule has 5 nitrogen and oxygen atoms in total. The highest BCUT2D eigenvalue weighted by atomic mass is 32.1. The van der Waals surface area contributed by atoms with E-state index in [1.54, 1.807) is 0 Å². The van der Waals surface area contributed by atoms with Crippen LogP contribution in [0, 0.1) is 0 Å². The van der Waals surface area contributed by atoms with E-state index in [9.17, 15) is 0 Å². The number of nitrogens with zero attached hydrogens (tertiary/aromatic N) is 3. The number of rotatable bonds is 2. The van der Waals surface area contributed by atoms with Crippen LogP contribution in [0.25, 0.3) is 114 Å². The predicted molar refractivity (Wildman–Crippen MR) is 207 cm³/mol. The second-order valence-electron chi connectivity index (χ2n) is 12.9. The third-order valence-corrected chi connectivity index (χ3v) is 11.4. The lowest BCUT2D eigenvalue weighted by atomic mass is 9.99. The molecule has 0 bridgehead atoms. The zero-order valence-electron chi connectivity index (χ0n) is 26.3. The molecule has 12 rings (SSSR count). The van der Waals surface area contributed by atoms with Gasteiger partial charge in [-0.15, -0.1) is 11.3 Å². The van der Waals surface area contributed by atoms with E-state index in [1.165, 1.54) is 41.7 Å². The van der Waals surface area contributed by atoms with Crippen molar-refractivity contribution < 1.29 is 8.83 Å². The molecule has 6 heteroatoms. The van der Waals surface area contributed by atoms with Crippen molar-refractivity contribution in [2.75, 3.05) is 0 Å². The fourth-order valence-electron chi connectivity index (χ4n) is 8.13. The molecular weight excluding hydrogens is 635 g/mol. The first kappa shape index (κ1) is 26.5. The van der Waals surface area contributed by atoms with Gasteiger partial charge in [-0.25, -0.2) is 9.97 Å². The molecular formula is C44H23N3O2S. The molecule has 0 aliphatic rings. The van der Waals surface area contributed by atoms with E-state index >= 15 is 0 Å². The molecule has 0 unspecified atom stereocenters. The quantitative estimate of drug-likeness (QED) is 0.186. The molecule has 0 spiro atoms. The van der Waals surface area contributed by atoms with Crippen molar-refractivity contribution in [3.63, 3.8) is 0 Å². The van der Waals surface area contributed by atoms with Gasteiger partial charge in [0.1, 0.15) is 28.0 Å². The highest BCUT2D eigenvalue weighted by Gasteiger charge is 2.26. The molecule has 7 aromatic carbocycles. The summed E-state index contributed by atoms with van der Waals surface area (Å²) in [5, 5.41) is 10.4. The molecule has 232 valence electrons. The van der Waals surface area contributed by atoms with Gasteiger partial charge in [-0.3, -0.25) is 4.57 Å². The molecule has 50 heavy (non-hydrogen) atoms. The minimum absolute atomic E-state index is 0.590. The summed E-state index contributed by atoms with van der Waals surface area (Å²) in [6.45, 7) is 0. The van der Waals surface area contributed by atoms with E-state index in [-0.39, 0.29) is 0 Å². The topological polar surface area (TPSA) is 57.0 Å². The number of para-hydroxylation sites is 4. The normalized spacial score (nSPS) is 12.4. The standard InChI is InChI=1S/C44H23N3O2S/c1-2-14-26-25(13-1)36-28-15-3-7-20-32(28)47(40(36)43-37(26)30-17-6-10-23-35(30)50-43)44-45-38-29-16-5-9-22-34(29)49-42(38)39(46-44)31-19-11-18-27-24-12-4-8-21-33(24)48-41(27)31/h1-23H. The average Bonchev–Trinajstić information content (AvgIpc) is 3.93. The molecule has 0 atom stereocenters. The smallest absolute Gasteiger partial charge is 0.236 e. The van der Waals surface area contributed by atoms with Crippen molar-refractivity contribution in [3.05, 3.63) is 140 Å². The van der Waals surface area contributed by atoms with Gasteiger partial charge in [-0.1, -0.05) is 103 Å². The number of hydrogen-bond acceptors (Lipinski definition) is 5. The zero-order chi connectivity index (χ0) is 32.5. The number of benzene rings is 7. The summed E-state index contributed by atoms with van der Waals surface area (Å²) in [6, 6.07) is 48.7. The number of thiophene rings is 1. The second kappa shape index (κ2) is 9.56. The largest absolute Gasteiger partial charge is 0.455 e. The molecule has 12 aromatic rings. The van der Waals surface area contributed by atoms with Gasteiger partial charge in [0, 0.05) is 48.0 Å². The summed E-state index contributed by atoms with van der Waals surface area (Å²) in [7, 11) is 0. The summed E-state index contributed by atoms with van der Waals surface area (Å²) in [5.74, 6) is 0.590. The molecule has 0 saturated carbocycles. The van der Waals surface area contributed by atoms with Gasteiger partial charge in [-0.05, 0) is 47.2 Å². The van der Waals surface area contributed by atoms with Crippen LogP contribution in [0.4, 0.5) is 0 Å². The van der Waals surface area contributed by atoms with Crippen LogP contribution in [0.3, 0.4) is 0 Å². The van der Waals surface area contributed by atoms with E-state index in [0.29, 0.717) is 17.2 Å². The molecule has 0 aliphatic carbocycles. The second-order valence-corrected chi connectivity index (χ2v) is 13.9. The van der Waals surface area contributed by atoms with Gasteiger partial charge in [0.15, 0.2) is 5.58 Å². The van der Waals surface area contributed by atoms with Crippen LogP contribution in [-0.4, -0.2) is 14.5 Å². The Kier molecular flexibility index (Phi) is 5.06. The van der Waals surface area contributed by atoms with Crippen molar-refractivity contribution in [1.82, 2.24) is 14.5 Å². The SMILES string of the molecule is c1ccc2c(c1)oc1c(-c3nc(-n4c5ccccc5c5c6ccccc6c6c7ccccc7sc6c54)nc4c3oc3ccccc34)cccc12. The third kappa shape index (κ3) is 3.35. The Hall–Kier alpha value is -6.50. The Labute approximate surface area is 287 Å². The van der Waals surface area contributed by atoms with Gasteiger partial charge in [0.25, 0.3) is 0 Å². The first-order valence-electron chi connectivity index (χ1n) is 16.7. The van der Waals surface area contributed by atoms with Crippen LogP contribution in [0.5, 0.6) is 0 Å². The van der Waals surface area contributed by atoms with Gasteiger partial charge in [-0.2, -0.15) is 0 Å². The summed E-state index contributed by atoms with van der Waals surface area (Å²) in [4.78, 5) is 10.9. The highest BCUT2D eigenvalue weighted by Crippen LogP contribution is 2.48. The first-order valence-corrected chi connectivity index (χ1v) is 17.5. The van der Waals surface area contributed by atoms with E-state index in [1.807, 2.05) is 47.7 Å². The maximum atomic E-state index is 6.60. The Morgan fingerprint density at radius 1 is 0.480 bits per heavy atom. The van der Waals surface area contributed by atoms with Crippen molar-refractivity contribution >= 4 is 108 Å². The van der Waals surface area contributed by atoms with Gasteiger partial charge in [0.2, 0.25) is 5.95 Å². The van der Waals surface area contributed by atoms with Crippen molar-refractivity contribution in [1.29, 1.82) is 0 Å². The van der Waals surface area contributed by atoms with E-state index < -0.39 is 0 Å². The Morgan fingerprint density at radius 3 is 1.94 bits per heavy atom. The predicted octanol–water partition coefficient (Wildman–Crippen LogP) is 12.6. The monoisotopic (exact) mass is 657 g/mol. The van der Waals surface area contributed by atoms with Gasteiger partial charge in [0.05, 0.1) is 15.7 Å². The molecule has 0 radical (unpaired) electrons. The molecule has 0 N–H and O–H groups in total. The molecule has 5 aromatic heterocycles. The number of aromatic nitrogens is 3. The number of furan rings is 2. The average molecular weight is 658 g/mol. The molecule has 0 saturated heterocycles. The Bertz CT molecular complexity index is 3400. The fourth-order valence-corrected chi connectivity index (χ4v) is 9.39. The van der Waals surface area contributed by atoms with Gasteiger partial charge < -0.3 is 8.83 Å². The third-order valence-electron chi connectivity index (χ3n) is 10.2. The fraction of sp³-hybridized carbons (Fsp3) is 0. The number of hydrogen-bond donors (Lipinski definition) is 0. The van der Waals surface area contributed by atoms with Crippen LogP contribution in [0.1, 0.15) is 0 Å². The maximum absolute atomic E-state index is 6.60. The molecule has 0 fully saturated rings. The van der Waals surface area contributed by atoms with Crippen molar-refractivity contribution in [3.8, 4) is 17.2 Å². The maximum Gasteiger partial charge on any atom is 0.236 e. The minimum atomic E-state index is 0.590. The lowest BCUT2D eigenvalue weighted by molar-refractivity contribution is 0.662. The molecule has 0 aliphatic heterocycles. The molecule has 5 heterocycles. The van der Waals surface area contributed by atoms with Gasteiger partial charge >= 0.3 is 0 Å². The van der Waals surface area contributed by atoms with Crippen LogP contribution in [0.2, 0.25) is 0 Å². The van der Waals surface area contributed by atoms with Crippen LogP contribution >= 0.6 is 11.3 Å². The molecule has 0 amide bonds. The van der Waals surface area contributed by atoms with E-state index in [4.69, 9.17) is 18.8 Å². The summed E-state index contributed by atoms with van der Waals surface area (Å²) in [5.41, 5.74) is 7.53. The van der Waals surface area contributed by atoms with E-state index in [2.05, 4.69) is 108 Å². The van der Waals surface area contributed by atoms with Crippen molar-refractivity contribution in [2.24, 2.45) is 0 Å². The summed E-state index contributed by atoms with van der Waals surface area (Å²) in [6.07, 6.45) is 0. The summed E-state index contributed by atoms with van der Waals surface area (Å²) < 4.78 is 17.9. The lowest BCUT2D eigenvalue weighted by Crippen LogP contribution is -2.03.